The van der Waals surface area contributed by atoms with E-state index in [9.17, 15) is 0 Å². The topological polar surface area (TPSA) is 36.9 Å². The van der Waals surface area contributed by atoms with E-state index in [1.807, 2.05) is 55.4 Å². The minimum absolute atomic E-state index is 0.398. The van der Waals surface area contributed by atoms with Gasteiger partial charge in [0.25, 0.3) is 0 Å². The second-order valence-corrected chi connectivity index (χ2v) is 7.10. The Kier molecular flexibility index (Phi) is 19.0. The molecule has 0 aromatic rings. The van der Waals surface area contributed by atoms with Gasteiger partial charge in [-0.2, -0.15) is 0 Å². The van der Waals surface area contributed by atoms with Gasteiger partial charge < -0.3 is 18.9 Å². The number of ether oxygens (including phenoxy) is 4. The molecular formula is C24H52O4. The zero-order valence-corrected chi connectivity index (χ0v) is 21.1. The predicted molar refractivity (Wildman–Crippen MR) is 121 cm³/mol. The van der Waals surface area contributed by atoms with Crippen LogP contribution in [0.25, 0.3) is 0 Å². The van der Waals surface area contributed by atoms with Crippen LogP contribution in [0.5, 0.6) is 0 Å². The number of rotatable bonds is 0. The molecule has 4 nitrogen and oxygen atoms in total. The molecule has 4 fully saturated rings. The van der Waals surface area contributed by atoms with Gasteiger partial charge in [0, 0.05) is 23.7 Å². The van der Waals surface area contributed by atoms with Gasteiger partial charge in [0.15, 0.2) is 0 Å². The van der Waals surface area contributed by atoms with Gasteiger partial charge in [-0.1, -0.05) is 83.1 Å². The van der Waals surface area contributed by atoms with Crippen molar-refractivity contribution in [3.8, 4) is 0 Å². The Hall–Kier alpha value is -0.160. The summed E-state index contributed by atoms with van der Waals surface area (Å²) in [5.74, 6) is 2.43. The van der Waals surface area contributed by atoms with Crippen LogP contribution in [0.4, 0.5) is 0 Å². The molecule has 4 heterocycles. The van der Waals surface area contributed by atoms with Gasteiger partial charge in [-0.15, -0.1) is 0 Å². The van der Waals surface area contributed by atoms with Crippen molar-refractivity contribution < 1.29 is 18.9 Å². The maximum absolute atomic E-state index is 5.58. The van der Waals surface area contributed by atoms with Crippen LogP contribution in [-0.4, -0.2) is 50.8 Å². The maximum Gasteiger partial charge on any atom is 0.0887 e. The molecule has 8 atom stereocenters. The lowest BCUT2D eigenvalue weighted by Gasteiger charge is -2.10. The molecule has 0 spiro atoms. The Morgan fingerprint density at radius 2 is 0.500 bits per heavy atom. The molecule has 0 saturated carbocycles. The number of fused-ring (bicyclic) bond motifs is 2. The normalized spacial score (nSPS) is 39.0. The first kappa shape index (κ1) is 30.0. The molecule has 28 heavy (non-hydrogen) atoms. The summed E-state index contributed by atoms with van der Waals surface area (Å²) in [5, 5.41) is 0. The first-order chi connectivity index (χ1) is 13.6. The fourth-order valence-corrected chi connectivity index (χ4v) is 3.76. The summed E-state index contributed by atoms with van der Waals surface area (Å²) in [5.41, 5.74) is 0. The molecule has 4 rings (SSSR count). The molecule has 0 radical (unpaired) electrons. The van der Waals surface area contributed by atoms with Crippen LogP contribution >= 0.6 is 0 Å². The van der Waals surface area contributed by atoms with Gasteiger partial charge in [-0.3, -0.25) is 0 Å². The summed E-state index contributed by atoms with van der Waals surface area (Å²) in [7, 11) is 0. The Bertz CT molecular complexity index is 273. The van der Waals surface area contributed by atoms with E-state index in [0.29, 0.717) is 48.1 Å². The quantitative estimate of drug-likeness (QED) is 0.480. The van der Waals surface area contributed by atoms with Crippen molar-refractivity contribution >= 4 is 0 Å². The third-order valence-corrected chi connectivity index (χ3v) is 5.10. The zero-order valence-electron chi connectivity index (χ0n) is 21.1. The van der Waals surface area contributed by atoms with E-state index in [2.05, 4.69) is 27.7 Å². The molecule has 0 bridgehead atoms. The molecule has 0 N–H and O–H groups in total. The molecule has 4 saturated heterocycles. The van der Waals surface area contributed by atoms with E-state index >= 15 is 0 Å². The molecule has 4 aliphatic heterocycles. The molecule has 4 heteroatoms. The highest BCUT2D eigenvalue weighted by Crippen LogP contribution is 2.34. The highest BCUT2D eigenvalue weighted by Gasteiger charge is 2.44. The van der Waals surface area contributed by atoms with Gasteiger partial charge in [0.2, 0.25) is 0 Å². The van der Waals surface area contributed by atoms with E-state index < -0.39 is 0 Å². The van der Waals surface area contributed by atoms with Gasteiger partial charge in [-0.25, -0.2) is 0 Å². The van der Waals surface area contributed by atoms with E-state index in [4.69, 9.17) is 18.9 Å². The van der Waals surface area contributed by atoms with Gasteiger partial charge >= 0.3 is 0 Å². The standard InChI is InChI=1S/2C8H14O2.4C2H6/c2*1-5-3-9-8-6(2)4-10-7(5)8;4*1-2/h2*5-8H,3-4H2,1-2H3;4*1-2H3/t5-,6+,7?,8?;5-,6-,7?,8?;;;;/m.1..../s1. The highest BCUT2D eigenvalue weighted by molar-refractivity contribution is 4.91. The Labute approximate surface area is 177 Å². The molecule has 4 unspecified atom stereocenters. The zero-order chi connectivity index (χ0) is 22.3. The molecular weight excluding hydrogens is 352 g/mol. The monoisotopic (exact) mass is 404 g/mol. The molecule has 0 aromatic heterocycles. The fraction of sp³-hybridized carbons (Fsp3) is 1.00. The van der Waals surface area contributed by atoms with Crippen LogP contribution in [0.15, 0.2) is 0 Å². The summed E-state index contributed by atoms with van der Waals surface area (Å²) in [6.45, 7) is 28.3. The van der Waals surface area contributed by atoms with Crippen molar-refractivity contribution in [2.45, 2.75) is 108 Å². The van der Waals surface area contributed by atoms with E-state index in [-0.39, 0.29) is 0 Å². The third kappa shape index (κ3) is 8.30. The third-order valence-electron chi connectivity index (χ3n) is 5.10. The van der Waals surface area contributed by atoms with Crippen molar-refractivity contribution in [3.63, 3.8) is 0 Å². The van der Waals surface area contributed by atoms with Crippen LogP contribution in [0.1, 0.15) is 83.1 Å². The Balaban J connectivity index is 0. The van der Waals surface area contributed by atoms with Gasteiger partial charge in [0.1, 0.15) is 0 Å². The number of hydrogen-bond acceptors (Lipinski definition) is 4. The molecule has 0 aromatic carbocycles. The van der Waals surface area contributed by atoms with Crippen molar-refractivity contribution in [2.24, 2.45) is 23.7 Å². The van der Waals surface area contributed by atoms with Crippen molar-refractivity contribution in [1.29, 1.82) is 0 Å². The van der Waals surface area contributed by atoms with Gasteiger partial charge in [-0.05, 0) is 0 Å². The fourth-order valence-electron chi connectivity index (χ4n) is 3.76. The minimum Gasteiger partial charge on any atom is -0.375 e. The predicted octanol–water partition coefficient (Wildman–Crippen LogP) is 6.22. The molecule has 0 aliphatic carbocycles. The Morgan fingerprint density at radius 3 is 0.643 bits per heavy atom. The molecule has 172 valence electrons. The van der Waals surface area contributed by atoms with Crippen molar-refractivity contribution in [2.75, 3.05) is 26.4 Å². The average Bonchev–Trinajstić information content (AvgIpc) is 3.51. The lowest BCUT2D eigenvalue weighted by molar-refractivity contribution is 0.0627. The summed E-state index contributed by atoms with van der Waals surface area (Å²) in [6.07, 6.45) is 1.59. The van der Waals surface area contributed by atoms with Crippen molar-refractivity contribution in [1.82, 2.24) is 0 Å². The number of hydrogen-bond donors (Lipinski definition) is 0. The maximum atomic E-state index is 5.58. The van der Waals surface area contributed by atoms with Gasteiger partial charge in [0.05, 0.1) is 50.8 Å². The largest absolute Gasteiger partial charge is 0.375 e. The summed E-state index contributed by atoms with van der Waals surface area (Å²) in [6, 6.07) is 0. The van der Waals surface area contributed by atoms with Crippen LogP contribution in [-0.2, 0) is 18.9 Å². The van der Waals surface area contributed by atoms with Crippen LogP contribution in [0.2, 0.25) is 0 Å². The molecule has 4 aliphatic rings. The summed E-state index contributed by atoms with van der Waals surface area (Å²) < 4.78 is 22.3. The molecule has 0 amide bonds. The van der Waals surface area contributed by atoms with E-state index in [1.165, 1.54) is 0 Å². The second kappa shape index (κ2) is 17.7. The first-order valence-corrected chi connectivity index (χ1v) is 12.0. The van der Waals surface area contributed by atoms with Crippen LogP contribution in [0, 0.1) is 23.7 Å². The lowest BCUT2D eigenvalue weighted by atomic mass is 9.99. The SMILES string of the molecule is CC.CC.CC.CC.C[C@@H]1COC2C1OC[C@@H]2C.C[C@@H]1COC2C1OC[C@H]2C. The average molecular weight is 405 g/mol. The van der Waals surface area contributed by atoms with E-state index in [0.717, 1.165) is 26.4 Å². The van der Waals surface area contributed by atoms with Crippen LogP contribution < -0.4 is 0 Å². The lowest BCUT2D eigenvalue weighted by Crippen LogP contribution is -2.23. The smallest absolute Gasteiger partial charge is 0.0887 e. The summed E-state index contributed by atoms with van der Waals surface area (Å²) in [4.78, 5) is 0. The first-order valence-electron chi connectivity index (χ1n) is 12.0. The van der Waals surface area contributed by atoms with Crippen LogP contribution in [0.3, 0.4) is 0 Å². The van der Waals surface area contributed by atoms with E-state index in [1.54, 1.807) is 0 Å². The second-order valence-electron chi connectivity index (χ2n) is 7.10. The minimum atomic E-state index is 0.398. The Morgan fingerprint density at radius 1 is 0.357 bits per heavy atom. The summed E-state index contributed by atoms with van der Waals surface area (Å²) >= 11 is 0. The highest BCUT2D eigenvalue weighted by atomic mass is 16.6. The van der Waals surface area contributed by atoms with Crippen molar-refractivity contribution in [3.05, 3.63) is 0 Å².